The first-order valence-corrected chi connectivity index (χ1v) is 23.6. The van der Waals surface area contributed by atoms with Crippen molar-refractivity contribution in [3.05, 3.63) is 24.3 Å². The summed E-state index contributed by atoms with van der Waals surface area (Å²) in [5.41, 5.74) is 0. The van der Waals surface area contributed by atoms with Gasteiger partial charge in [0.1, 0.15) is 24.4 Å². The van der Waals surface area contributed by atoms with Gasteiger partial charge < -0.3 is 40.3 Å². The predicted molar refractivity (Wildman–Crippen MR) is 230 cm³/mol. The van der Waals surface area contributed by atoms with Crippen LogP contribution in [0.3, 0.4) is 0 Å². The molecule has 0 unspecified atom stereocenters. The first-order valence-electron chi connectivity index (χ1n) is 23.6. The van der Waals surface area contributed by atoms with Crippen LogP contribution in [0.5, 0.6) is 0 Å². The first kappa shape index (κ1) is 52.7. The summed E-state index contributed by atoms with van der Waals surface area (Å²) in [6, 6.07) is -0.801. The number of carbonyl (C=O) groups is 1. The van der Waals surface area contributed by atoms with Crippen LogP contribution in [0.1, 0.15) is 213 Å². The molecule has 1 aliphatic heterocycles. The van der Waals surface area contributed by atoms with Crippen LogP contribution in [-0.2, 0) is 14.3 Å². The third-order valence-corrected chi connectivity index (χ3v) is 11.3. The summed E-state index contributed by atoms with van der Waals surface area (Å²) in [6.07, 6.45) is 37.9. The van der Waals surface area contributed by atoms with Crippen LogP contribution < -0.4 is 5.32 Å². The number of aliphatic hydroxyl groups excluding tert-OH is 5. The molecule has 1 aliphatic rings. The van der Waals surface area contributed by atoms with E-state index in [0.29, 0.717) is 6.42 Å². The average molecular weight is 796 g/mol. The highest BCUT2D eigenvalue weighted by atomic mass is 16.7. The van der Waals surface area contributed by atoms with Crippen LogP contribution in [0.4, 0.5) is 0 Å². The number of amides is 1. The molecule has 1 fully saturated rings. The van der Waals surface area contributed by atoms with E-state index in [1.807, 2.05) is 6.08 Å². The molecule has 9 nitrogen and oxygen atoms in total. The highest BCUT2D eigenvalue weighted by molar-refractivity contribution is 5.76. The molecule has 0 aromatic heterocycles. The second-order valence-corrected chi connectivity index (χ2v) is 16.5. The predicted octanol–water partition coefficient (Wildman–Crippen LogP) is 9.89. The van der Waals surface area contributed by atoms with E-state index in [1.54, 1.807) is 6.08 Å². The van der Waals surface area contributed by atoms with Gasteiger partial charge in [-0.25, -0.2) is 0 Å². The van der Waals surface area contributed by atoms with Gasteiger partial charge in [0.2, 0.25) is 5.91 Å². The summed E-state index contributed by atoms with van der Waals surface area (Å²) in [5, 5.41) is 54.2. The summed E-state index contributed by atoms with van der Waals surface area (Å²) in [7, 11) is 0. The third-order valence-electron chi connectivity index (χ3n) is 11.3. The van der Waals surface area contributed by atoms with E-state index in [1.165, 1.54) is 154 Å². The Morgan fingerprint density at radius 3 is 1.45 bits per heavy atom. The number of carbonyl (C=O) groups excluding carboxylic acids is 1. The Balaban J connectivity index is 2.31. The fourth-order valence-corrected chi connectivity index (χ4v) is 7.44. The smallest absolute Gasteiger partial charge is 0.220 e. The van der Waals surface area contributed by atoms with Gasteiger partial charge in [-0.15, -0.1) is 0 Å². The molecule has 0 saturated carbocycles. The van der Waals surface area contributed by atoms with E-state index < -0.39 is 49.5 Å². The molecular formula is C47H89NO8. The van der Waals surface area contributed by atoms with Crippen LogP contribution in [0.15, 0.2) is 24.3 Å². The minimum Gasteiger partial charge on any atom is -0.394 e. The molecule has 7 atom stereocenters. The lowest BCUT2D eigenvalue weighted by molar-refractivity contribution is -0.302. The molecule has 0 radical (unpaired) electrons. The van der Waals surface area contributed by atoms with Gasteiger partial charge in [-0.05, 0) is 44.9 Å². The average Bonchev–Trinajstić information content (AvgIpc) is 3.20. The molecule has 9 heteroatoms. The first-order chi connectivity index (χ1) is 27.3. The minimum absolute atomic E-state index is 0.178. The monoisotopic (exact) mass is 796 g/mol. The summed E-state index contributed by atoms with van der Waals surface area (Å²) in [4.78, 5) is 13.0. The SMILES string of the molecule is CCCCCCCC/C=C\CCCCCCCCCCCCC(=O)N[C@@H](CO[C@@H]1O[C@H](CO)[C@@H](O)[C@H](O)[C@H]1O)[C@H](O)/C=C/CCCCCCCCCCCCC. The van der Waals surface area contributed by atoms with Crippen LogP contribution in [0.25, 0.3) is 0 Å². The normalized spacial score (nSPS) is 21.3. The fraction of sp³-hybridized carbons (Fsp3) is 0.894. The minimum atomic E-state index is -1.56. The van der Waals surface area contributed by atoms with E-state index in [0.717, 1.165) is 38.5 Å². The van der Waals surface area contributed by atoms with Crippen molar-refractivity contribution in [1.82, 2.24) is 5.32 Å². The van der Waals surface area contributed by atoms with Gasteiger partial charge in [-0.3, -0.25) is 4.79 Å². The van der Waals surface area contributed by atoms with Crippen LogP contribution >= 0.6 is 0 Å². The zero-order valence-corrected chi connectivity index (χ0v) is 36.1. The number of aliphatic hydroxyl groups is 5. The van der Waals surface area contributed by atoms with Gasteiger partial charge >= 0.3 is 0 Å². The Morgan fingerprint density at radius 1 is 0.589 bits per heavy atom. The lowest BCUT2D eigenvalue weighted by Crippen LogP contribution is -2.60. The Bertz CT molecular complexity index is 930. The number of hydrogen-bond acceptors (Lipinski definition) is 8. The molecule has 1 saturated heterocycles. The van der Waals surface area contributed by atoms with E-state index in [9.17, 15) is 30.3 Å². The van der Waals surface area contributed by atoms with E-state index >= 15 is 0 Å². The standard InChI is InChI=1S/C47H89NO8/c1-3-5-7-9-11-13-15-17-18-19-20-21-22-23-25-27-29-31-33-35-37-43(51)48-40(39-55-47-46(54)45(53)44(52)42(38-49)56-47)41(50)36-34-32-30-28-26-24-16-14-12-10-8-6-4-2/h17-18,34,36,40-42,44-47,49-50,52-54H,3-16,19-33,35,37-39H2,1-2H3,(H,48,51)/b18-17-,36-34+/t40-,41+,42+,44+,45-,46+,47+/m0/s1. The number of ether oxygens (including phenoxy) is 2. The molecule has 0 aliphatic carbocycles. The van der Waals surface area contributed by atoms with E-state index in [2.05, 4.69) is 31.3 Å². The highest BCUT2D eigenvalue weighted by Crippen LogP contribution is 2.23. The maximum Gasteiger partial charge on any atom is 0.220 e. The van der Waals surface area contributed by atoms with Crippen molar-refractivity contribution < 1.29 is 39.8 Å². The maximum absolute atomic E-state index is 13.0. The van der Waals surface area contributed by atoms with Gasteiger partial charge in [0.25, 0.3) is 0 Å². The van der Waals surface area contributed by atoms with Crippen molar-refractivity contribution in [3.63, 3.8) is 0 Å². The van der Waals surface area contributed by atoms with Gasteiger partial charge in [-0.1, -0.05) is 186 Å². The Labute approximate surface area is 343 Å². The van der Waals surface area contributed by atoms with Crippen molar-refractivity contribution in [3.8, 4) is 0 Å². The van der Waals surface area contributed by atoms with Crippen molar-refractivity contribution in [2.75, 3.05) is 13.2 Å². The number of rotatable bonds is 39. The maximum atomic E-state index is 13.0. The number of hydrogen-bond donors (Lipinski definition) is 6. The summed E-state index contributed by atoms with van der Waals surface area (Å²) >= 11 is 0. The molecule has 0 aromatic carbocycles. The van der Waals surface area contributed by atoms with Crippen molar-refractivity contribution in [2.24, 2.45) is 0 Å². The van der Waals surface area contributed by atoms with Crippen molar-refractivity contribution in [1.29, 1.82) is 0 Å². The molecule has 1 amide bonds. The second-order valence-electron chi connectivity index (χ2n) is 16.5. The van der Waals surface area contributed by atoms with Gasteiger partial charge in [0.05, 0.1) is 25.4 Å². The number of unbranched alkanes of at least 4 members (excludes halogenated alkanes) is 27. The quantitative estimate of drug-likeness (QED) is 0.0266. The largest absolute Gasteiger partial charge is 0.394 e. The number of nitrogens with one attached hydrogen (secondary N) is 1. The second kappa shape index (κ2) is 37.9. The molecule has 0 bridgehead atoms. The van der Waals surface area contributed by atoms with Crippen LogP contribution in [0.2, 0.25) is 0 Å². The van der Waals surface area contributed by atoms with Crippen molar-refractivity contribution >= 4 is 5.91 Å². The lowest BCUT2D eigenvalue weighted by atomic mass is 9.99. The zero-order chi connectivity index (χ0) is 40.9. The van der Waals surface area contributed by atoms with E-state index in [-0.39, 0.29) is 12.5 Å². The van der Waals surface area contributed by atoms with Gasteiger partial charge in [0, 0.05) is 6.42 Å². The lowest BCUT2D eigenvalue weighted by Gasteiger charge is -2.40. The molecule has 6 N–H and O–H groups in total. The molecule has 1 rings (SSSR count). The molecule has 1 heterocycles. The number of allylic oxidation sites excluding steroid dienone is 3. The fourth-order valence-electron chi connectivity index (χ4n) is 7.44. The summed E-state index contributed by atoms with van der Waals surface area (Å²) in [6.45, 7) is 3.77. The zero-order valence-electron chi connectivity index (χ0n) is 36.1. The Morgan fingerprint density at radius 2 is 1.00 bits per heavy atom. The molecular weight excluding hydrogens is 707 g/mol. The van der Waals surface area contributed by atoms with E-state index in [4.69, 9.17) is 9.47 Å². The topological polar surface area (TPSA) is 149 Å². The van der Waals surface area contributed by atoms with Gasteiger partial charge in [0.15, 0.2) is 6.29 Å². The molecule has 56 heavy (non-hydrogen) atoms. The molecule has 0 aromatic rings. The Kier molecular flexibility index (Phi) is 35.7. The van der Waals surface area contributed by atoms with Crippen LogP contribution in [0, 0.1) is 0 Å². The molecule has 330 valence electrons. The van der Waals surface area contributed by atoms with Crippen LogP contribution in [-0.4, -0.2) is 87.5 Å². The summed E-state index contributed by atoms with van der Waals surface area (Å²) < 4.78 is 11.2. The highest BCUT2D eigenvalue weighted by Gasteiger charge is 2.44. The molecule has 0 spiro atoms. The summed E-state index contributed by atoms with van der Waals surface area (Å²) in [5.74, 6) is -0.178. The third kappa shape index (κ3) is 28.2. The van der Waals surface area contributed by atoms with Gasteiger partial charge in [-0.2, -0.15) is 0 Å². The Hall–Kier alpha value is -1.33. The van der Waals surface area contributed by atoms with Crippen molar-refractivity contribution in [2.45, 2.75) is 256 Å².